The monoisotopic (exact) mass is 343 g/mol. The van der Waals surface area contributed by atoms with E-state index in [9.17, 15) is 9.59 Å². The van der Waals surface area contributed by atoms with E-state index in [4.69, 9.17) is 14.2 Å². The summed E-state index contributed by atoms with van der Waals surface area (Å²) in [6.45, 7) is 2.00. The van der Waals surface area contributed by atoms with Crippen molar-refractivity contribution in [1.82, 2.24) is 0 Å². The number of anilines is 1. The van der Waals surface area contributed by atoms with Crippen molar-refractivity contribution >= 4 is 29.3 Å². The van der Waals surface area contributed by atoms with Crippen molar-refractivity contribution in [3.8, 4) is 17.2 Å². The molecule has 7 heteroatoms. The Morgan fingerprint density at radius 3 is 2.92 bits per heavy atom. The normalized spacial score (nSPS) is 17.9. The number of benzene rings is 2. The smallest absolute Gasteiger partial charge is 0.343 e. The minimum Gasteiger partial charge on any atom is -0.454 e. The van der Waals surface area contributed by atoms with E-state index in [1.807, 2.05) is 13.0 Å². The first-order chi connectivity index (χ1) is 11.6. The molecular formula is C17H13NO5S. The molecular weight excluding hydrogens is 330 g/mol. The highest BCUT2D eigenvalue weighted by molar-refractivity contribution is 8.00. The lowest BCUT2D eigenvalue weighted by atomic mass is 10.2. The van der Waals surface area contributed by atoms with Crippen molar-refractivity contribution in [2.24, 2.45) is 0 Å². The number of carbonyl (C=O) groups is 2. The fraction of sp³-hybridized carbons (Fsp3) is 0.176. The van der Waals surface area contributed by atoms with Gasteiger partial charge in [-0.05, 0) is 37.3 Å². The summed E-state index contributed by atoms with van der Waals surface area (Å²) in [4.78, 5) is 25.0. The Hall–Kier alpha value is -2.67. The number of hydrogen-bond acceptors (Lipinski definition) is 6. The molecule has 0 fully saturated rings. The molecule has 0 radical (unpaired) electrons. The molecule has 0 aromatic heterocycles. The molecule has 2 aromatic carbocycles. The third kappa shape index (κ3) is 2.67. The lowest BCUT2D eigenvalue weighted by Crippen LogP contribution is -2.26. The second-order valence-electron chi connectivity index (χ2n) is 5.36. The largest absolute Gasteiger partial charge is 0.454 e. The Morgan fingerprint density at radius 2 is 2.04 bits per heavy atom. The van der Waals surface area contributed by atoms with E-state index in [1.165, 1.54) is 11.8 Å². The summed E-state index contributed by atoms with van der Waals surface area (Å²) in [5, 5.41) is 2.65. The van der Waals surface area contributed by atoms with E-state index >= 15 is 0 Å². The van der Waals surface area contributed by atoms with Gasteiger partial charge in [0.05, 0.1) is 16.5 Å². The van der Waals surface area contributed by atoms with E-state index < -0.39 is 5.97 Å². The molecule has 0 unspecified atom stereocenters. The van der Waals surface area contributed by atoms with E-state index in [1.54, 1.807) is 30.3 Å². The van der Waals surface area contributed by atoms with Gasteiger partial charge in [-0.25, -0.2) is 4.79 Å². The molecule has 0 saturated carbocycles. The van der Waals surface area contributed by atoms with Crippen LogP contribution < -0.4 is 19.5 Å². The van der Waals surface area contributed by atoms with Crippen LogP contribution in [0.1, 0.15) is 17.3 Å². The van der Waals surface area contributed by atoms with Gasteiger partial charge in [0.25, 0.3) is 0 Å². The van der Waals surface area contributed by atoms with Crippen LogP contribution in [0.4, 0.5) is 5.69 Å². The first kappa shape index (κ1) is 14.9. The Morgan fingerprint density at radius 1 is 1.21 bits per heavy atom. The third-order valence-corrected chi connectivity index (χ3v) is 4.88. The second kappa shape index (κ2) is 5.76. The lowest BCUT2D eigenvalue weighted by Gasteiger charge is -2.21. The molecule has 2 aliphatic rings. The van der Waals surface area contributed by atoms with Gasteiger partial charge in [-0.2, -0.15) is 0 Å². The fourth-order valence-electron chi connectivity index (χ4n) is 2.44. The van der Waals surface area contributed by atoms with Gasteiger partial charge in [0.2, 0.25) is 12.7 Å². The average molecular weight is 343 g/mol. The van der Waals surface area contributed by atoms with Crippen LogP contribution in [0.3, 0.4) is 0 Å². The molecule has 24 heavy (non-hydrogen) atoms. The lowest BCUT2D eigenvalue weighted by molar-refractivity contribution is -0.115. The maximum Gasteiger partial charge on any atom is 0.343 e. The van der Waals surface area contributed by atoms with Crippen LogP contribution in [0.5, 0.6) is 17.2 Å². The quantitative estimate of drug-likeness (QED) is 0.667. The molecule has 2 heterocycles. The van der Waals surface area contributed by atoms with Gasteiger partial charge in [-0.1, -0.05) is 0 Å². The first-order valence-corrected chi connectivity index (χ1v) is 8.21. The van der Waals surface area contributed by atoms with Crippen molar-refractivity contribution in [2.75, 3.05) is 12.1 Å². The second-order valence-corrected chi connectivity index (χ2v) is 6.75. The predicted molar refractivity (Wildman–Crippen MR) is 87.9 cm³/mol. The van der Waals surface area contributed by atoms with Gasteiger partial charge in [-0.15, -0.1) is 11.8 Å². The summed E-state index contributed by atoms with van der Waals surface area (Å²) in [6.07, 6.45) is 0. The zero-order valence-electron chi connectivity index (χ0n) is 12.7. The molecule has 0 spiro atoms. The van der Waals surface area contributed by atoms with E-state index in [2.05, 4.69) is 5.32 Å². The molecule has 6 nitrogen and oxygen atoms in total. The molecule has 1 N–H and O–H groups in total. The standard InChI is InChI=1S/C17H13NO5S/c1-9-16(19)18-12-6-10(2-5-15(12)24-9)17(20)23-11-3-4-13-14(7-11)22-8-21-13/h2-7,9H,8H2,1H3,(H,18,19)/t9-/m1/s1. The van der Waals surface area contributed by atoms with E-state index in [0.29, 0.717) is 28.5 Å². The highest BCUT2D eigenvalue weighted by atomic mass is 32.2. The number of hydrogen-bond donors (Lipinski definition) is 1. The van der Waals surface area contributed by atoms with Gasteiger partial charge in [0, 0.05) is 11.0 Å². The Labute approximate surface area is 142 Å². The number of amides is 1. The van der Waals surface area contributed by atoms with Crippen LogP contribution in [-0.4, -0.2) is 23.9 Å². The van der Waals surface area contributed by atoms with Crippen LogP contribution in [0.15, 0.2) is 41.3 Å². The summed E-state index contributed by atoms with van der Waals surface area (Å²) in [7, 11) is 0. The van der Waals surface area contributed by atoms with Gasteiger partial charge in [0.15, 0.2) is 11.5 Å². The van der Waals surface area contributed by atoms with E-state index in [-0.39, 0.29) is 18.0 Å². The Bertz CT molecular complexity index is 851. The minimum absolute atomic E-state index is 0.0752. The van der Waals surface area contributed by atoms with Crippen molar-refractivity contribution in [2.45, 2.75) is 17.1 Å². The van der Waals surface area contributed by atoms with Gasteiger partial charge >= 0.3 is 5.97 Å². The van der Waals surface area contributed by atoms with Crippen LogP contribution in [0.2, 0.25) is 0 Å². The average Bonchev–Trinajstić information content (AvgIpc) is 3.03. The number of fused-ring (bicyclic) bond motifs is 2. The van der Waals surface area contributed by atoms with Gasteiger partial charge in [-0.3, -0.25) is 4.79 Å². The van der Waals surface area contributed by atoms with Crippen molar-refractivity contribution in [3.63, 3.8) is 0 Å². The van der Waals surface area contributed by atoms with Crippen molar-refractivity contribution < 1.29 is 23.8 Å². The van der Waals surface area contributed by atoms with Gasteiger partial charge in [0.1, 0.15) is 5.75 Å². The molecule has 0 bridgehead atoms. The molecule has 2 aromatic rings. The van der Waals surface area contributed by atoms with Crippen LogP contribution in [0, 0.1) is 0 Å². The molecule has 0 aliphatic carbocycles. The summed E-state index contributed by atoms with van der Waals surface area (Å²) < 4.78 is 15.8. The number of thioether (sulfide) groups is 1. The summed E-state index contributed by atoms with van der Waals surface area (Å²) in [6, 6.07) is 10.1. The maximum absolute atomic E-state index is 12.3. The number of nitrogens with one attached hydrogen (secondary N) is 1. The number of esters is 1. The summed E-state index contributed by atoms with van der Waals surface area (Å²) >= 11 is 1.46. The number of carbonyl (C=O) groups excluding carboxylic acids is 2. The molecule has 1 atom stereocenters. The highest BCUT2D eigenvalue weighted by Crippen LogP contribution is 2.37. The zero-order valence-corrected chi connectivity index (χ0v) is 13.5. The highest BCUT2D eigenvalue weighted by Gasteiger charge is 2.24. The van der Waals surface area contributed by atoms with Crippen LogP contribution in [-0.2, 0) is 4.79 Å². The third-order valence-electron chi connectivity index (χ3n) is 3.70. The van der Waals surface area contributed by atoms with Crippen LogP contribution >= 0.6 is 11.8 Å². The summed E-state index contributed by atoms with van der Waals surface area (Å²) in [5.74, 6) is 0.957. The molecule has 2 aliphatic heterocycles. The van der Waals surface area contributed by atoms with Crippen molar-refractivity contribution in [3.05, 3.63) is 42.0 Å². The van der Waals surface area contributed by atoms with E-state index in [0.717, 1.165) is 4.90 Å². The summed E-state index contributed by atoms with van der Waals surface area (Å²) in [5.41, 5.74) is 0.991. The van der Waals surface area contributed by atoms with Gasteiger partial charge < -0.3 is 19.5 Å². The number of rotatable bonds is 2. The topological polar surface area (TPSA) is 73.9 Å². The fourth-order valence-corrected chi connectivity index (χ4v) is 3.37. The molecule has 1 amide bonds. The van der Waals surface area contributed by atoms with Crippen molar-refractivity contribution in [1.29, 1.82) is 0 Å². The SMILES string of the molecule is C[C@H]1Sc2ccc(C(=O)Oc3ccc4c(c3)OCO4)cc2NC1=O. The molecule has 122 valence electrons. The predicted octanol–water partition coefficient (Wildman–Crippen LogP) is 3.07. The maximum atomic E-state index is 12.3. The minimum atomic E-state index is -0.505. The number of ether oxygens (including phenoxy) is 3. The first-order valence-electron chi connectivity index (χ1n) is 7.33. The zero-order chi connectivity index (χ0) is 16.7. The Kier molecular flexibility index (Phi) is 3.57. The van der Waals surface area contributed by atoms with Crippen LogP contribution in [0.25, 0.3) is 0 Å². The molecule has 0 saturated heterocycles. The Balaban J connectivity index is 1.55. The molecule has 4 rings (SSSR count).